The summed E-state index contributed by atoms with van der Waals surface area (Å²) in [6.07, 6.45) is 7.99. The number of nitriles is 3. The van der Waals surface area contributed by atoms with E-state index in [0.29, 0.717) is 21.2 Å². The Bertz CT molecular complexity index is 1830. The van der Waals surface area contributed by atoms with E-state index >= 15 is 0 Å². The predicted octanol–water partition coefficient (Wildman–Crippen LogP) is 9.59. The summed E-state index contributed by atoms with van der Waals surface area (Å²) in [5.41, 5.74) is 4.28. The van der Waals surface area contributed by atoms with Crippen molar-refractivity contribution in [2.45, 2.75) is 26.4 Å². The maximum atomic E-state index is 10.2. The minimum Gasteiger partial charge on any atom is -0.474 e. The van der Waals surface area contributed by atoms with Crippen molar-refractivity contribution in [3.63, 3.8) is 0 Å². The van der Waals surface area contributed by atoms with Crippen LogP contribution in [0.5, 0.6) is 0 Å². The van der Waals surface area contributed by atoms with Gasteiger partial charge in [-0.3, -0.25) is 0 Å². The Hall–Kier alpha value is -3.55. The van der Waals surface area contributed by atoms with E-state index < -0.39 is 5.60 Å². The molecule has 1 aromatic heterocycles. The van der Waals surface area contributed by atoms with Crippen molar-refractivity contribution in [3.05, 3.63) is 113 Å². The molecular formula is C35H30Cl2N4OS3. The van der Waals surface area contributed by atoms with Gasteiger partial charge in [-0.05, 0) is 73.9 Å². The molecule has 1 unspecified atom stereocenters. The Morgan fingerprint density at radius 1 is 0.889 bits per heavy atom. The van der Waals surface area contributed by atoms with Crippen molar-refractivity contribution in [3.8, 4) is 18.2 Å². The number of anilines is 1. The van der Waals surface area contributed by atoms with E-state index in [1.807, 2.05) is 24.3 Å². The summed E-state index contributed by atoms with van der Waals surface area (Å²) in [4.78, 5) is 4.40. The second-order valence-corrected chi connectivity index (χ2v) is 13.2. The molecule has 0 aliphatic carbocycles. The lowest BCUT2D eigenvalue weighted by Crippen LogP contribution is -2.27. The van der Waals surface area contributed by atoms with Crippen molar-refractivity contribution in [2.75, 3.05) is 29.5 Å². The first-order chi connectivity index (χ1) is 21.6. The standard InChI is InChI=1S/C35H30Cl2N4OS3/c1-22-23(2)33(45-32(22)12-6-24-4-8-27(9-5-24)41(14-16-43)15-17-44)13-10-29-28(21-40)34(25(19-38)20-39)42-35(29,3)26-7-11-30(36)31(37)18-26/h4-13,18,43-44H,14-17H2,1-3H3/b12-6+,13-10+. The van der Waals surface area contributed by atoms with Crippen molar-refractivity contribution < 1.29 is 4.74 Å². The molecule has 5 nitrogen and oxygen atoms in total. The molecule has 4 rings (SSSR count). The van der Waals surface area contributed by atoms with Crippen LogP contribution in [0.15, 0.2) is 71.0 Å². The number of thiophene rings is 1. The van der Waals surface area contributed by atoms with E-state index in [1.165, 1.54) is 0 Å². The van der Waals surface area contributed by atoms with Crippen molar-refractivity contribution in [1.82, 2.24) is 0 Å². The van der Waals surface area contributed by atoms with Crippen LogP contribution in [-0.4, -0.2) is 24.6 Å². The van der Waals surface area contributed by atoms with E-state index in [0.717, 1.165) is 56.7 Å². The number of ether oxygens (including phenoxy) is 1. The largest absolute Gasteiger partial charge is 0.474 e. The van der Waals surface area contributed by atoms with E-state index in [9.17, 15) is 15.8 Å². The third-order valence-electron chi connectivity index (χ3n) is 7.70. The molecule has 0 spiro atoms. The molecule has 10 heteroatoms. The molecule has 0 fully saturated rings. The molecular weight excluding hydrogens is 660 g/mol. The number of halogens is 2. The van der Waals surface area contributed by atoms with Gasteiger partial charge in [0.1, 0.15) is 23.8 Å². The van der Waals surface area contributed by atoms with Gasteiger partial charge in [0.2, 0.25) is 0 Å². The number of nitrogens with zero attached hydrogens (tertiary/aromatic N) is 4. The highest BCUT2D eigenvalue weighted by Crippen LogP contribution is 2.48. The first kappa shape index (κ1) is 34.3. The van der Waals surface area contributed by atoms with E-state index in [1.54, 1.807) is 36.5 Å². The summed E-state index contributed by atoms with van der Waals surface area (Å²) in [6, 6.07) is 19.4. The zero-order chi connectivity index (χ0) is 32.7. The zero-order valence-corrected chi connectivity index (χ0v) is 29.1. The van der Waals surface area contributed by atoms with Crippen LogP contribution in [0.3, 0.4) is 0 Å². The van der Waals surface area contributed by atoms with Crippen molar-refractivity contribution in [1.29, 1.82) is 15.8 Å². The fourth-order valence-electron chi connectivity index (χ4n) is 5.03. The monoisotopic (exact) mass is 688 g/mol. The molecule has 228 valence electrons. The maximum absolute atomic E-state index is 10.2. The Morgan fingerprint density at radius 2 is 1.49 bits per heavy atom. The second kappa shape index (κ2) is 15.2. The SMILES string of the molecule is Cc1c(/C=C/C2=C(C#N)C(=C(C#N)C#N)OC2(C)c2ccc(Cl)c(Cl)c2)sc(/C=C/c2ccc(N(CCS)CCS)cc2)c1C. The Labute approximate surface area is 289 Å². The average molecular weight is 690 g/mol. The van der Waals surface area contributed by atoms with Crippen LogP contribution in [0.25, 0.3) is 18.2 Å². The molecule has 0 saturated carbocycles. The fourth-order valence-corrected chi connectivity index (χ4v) is 6.93. The predicted molar refractivity (Wildman–Crippen MR) is 194 cm³/mol. The summed E-state index contributed by atoms with van der Waals surface area (Å²) in [6.45, 7) is 7.66. The molecule has 3 aromatic rings. The third-order valence-corrected chi connectivity index (χ3v) is 10.2. The lowest BCUT2D eigenvalue weighted by molar-refractivity contribution is 0.0755. The molecule has 2 heterocycles. The smallest absolute Gasteiger partial charge is 0.172 e. The summed E-state index contributed by atoms with van der Waals surface area (Å²) < 4.78 is 6.24. The van der Waals surface area contributed by atoms with Gasteiger partial charge in [-0.15, -0.1) is 11.3 Å². The van der Waals surface area contributed by atoms with E-state index in [4.69, 9.17) is 27.9 Å². The normalized spacial score (nSPS) is 16.1. The molecule has 1 aliphatic rings. The first-order valence-electron chi connectivity index (χ1n) is 14.0. The van der Waals surface area contributed by atoms with Crippen molar-refractivity contribution >= 4 is 83.7 Å². The second-order valence-electron chi connectivity index (χ2n) is 10.4. The minimum atomic E-state index is -1.20. The van der Waals surface area contributed by atoms with Gasteiger partial charge in [0, 0.05) is 51.2 Å². The molecule has 1 atom stereocenters. The number of hydrogen-bond donors (Lipinski definition) is 2. The van der Waals surface area contributed by atoms with Gasteiger partial charge in [0.15, 0.2) is 16.9 Å². The summed E-state index contributed by atoms with van der Waals surface area (Å²) in [5, 5.41) is 30.0. The van der Waals surface area contributed by atoms with Gasteiger partial charge in [-0.25, -0.2) is 0 Å². The van der Waals surface area contributed by atoms with Crippen LogP contribution >= 0.6 is 59.8 Å². The molecule has 2 aromatic carbocycles. The Balaban J connectivity index is 1.70. The third kappa shape index (κ3) is 7.31. The van der Waals surface area contributed by atoms with Crippen LogP contribution in [0.4, 0.5) is 5.69 Å². The number of hydrogen-bond acceptors (Lipinski definition) is 8. The summed E-state index contributed by atoms with van der Waals surface area (Å²) >= 11 is 22.9. The zero-order valence-electron chi connectivity index (χ0n) is 24.9. The first-order valence-corrected chi connectivity index (χ1v) is 16.8. The molecule has 0 bridgehead atoms. The highest BCUT2D eigenvalue weighted by molar-refractivity contribution is 7.80. The van der Waals surface area contributed by atoms with E-state index in [-0.39, 0.29) is 16.9 Å². The molecule has 0 radical (unpaired) electrons. The minimum absolute atomic E-state index is 0.0520. The Kier molecular flexibility index (Phi) is 11.6. The van der Waals surface area contributed by atoms with Gasteiger partial charge >= 0.3 is 0 Å². The number of rotatable bonds is 10. The van der Waals surface area contributed by atoms with Gasteiger partial charge < -0.3 is 9.64 Å². The van der Waals surface area contributed by atoms with Crippen LogP contribution in [0, 0.1) is 47.8 Å². The highest BCUT2D eigenvalue weighted by Gasteiger charge is 2.44. The number of benzene rings is 2. The molecule has 0 N–H and O–H groups in total. The molecule has 1 aliphatic heterocycles. The van der Waals surface area contributed by atoms with Gasteiger partial charge in [0.25, 0.3) is 0 Å². The van der Waals surface area contributed by atoms with Gasteiger partial charge in [-0.2, -0.15) is 41.0 Å². The highest BCUT2D eigenvalue weighted by atomic mass is 35.5. The number of allylic oxidation sites excluding steroid dienone is 2. The van der Waals surface area contributed by atoms with E-state index in [2.05, 4.69) is 86.5 Å². The summed E-state index contributed by atoms with van der Waals surface area (Å²) in [5.74, 6) is 1.50. The van der Waals surface area contributed by atoms with Gasteiger partial charge in [0.05, 0.1) is 10.0 Å². The average Bonchev–Trinajstić information content (AvgIpc) is 3.48. The Morgan fingerprint density at radius 3 is 2.02 bits per heavy atom. The number of thiol groups is 2. The lowest BCUT2D eigenvalue weighted by atomic mass is 9.86. The van der Waals surface area contributed by atoms with Crippen molar-refractivity contribution in [2.24, 2.45) is 0 Å². The van der Waals surface area contributed by atoms with Crippen LogP contribution < -0.4 is 4.90 Å². The fraction of sp³-hybridized carbons (Fsp3) is 0.229. The van der Waals surface area contributed by atoms with Gasteiger partial charge in [-0.1, -0.05) is 53.6 Å². The van der Waals surface area contributed by atoms with Crippen LogP contribution in [-0.2, 0) is 10.3 Å². The summed E-state index contributed by atoms with van der Waals surface area (Å²) in [7, 11) is 0. The molecule has 0 saturated heterocycles. The van der Waals surface area contributed by atoms with Crippen LogP contribution in [0.2, 0.25) is 10.0 Å². The quantitative estimate of drug-likeness (QED) is 0.164. The van der Waals surface area contributed by atoms with Crippen LogP contribution in [0.1, 0.15) is 38.9 Å². The molecule has 45 heavy (non-hydrogen) atoms. The maximum Gasteiger partial charge on any atom is 0.172 e. The lowest BCUT2D eigenvalue weighted by Gasteiger charge is -2.27. The molecule has 0 amide bonds. The topological polar surface area (TPSA) is 83.8 Å².